The molecule has 1 aliphatic heterocycles. The number of carbonyl (C=O) groups is 2. The van der Waals surface area contributed by atoms with Crippen LogP contribution in [-0.2, 0) is 20.7 Å². The Morgan fingerprint density at radius 1 is 1.41 bits per heavy atom. The minimum absolute atomic E-state index is 0.0165. The number of nitrogens with zero attached hydrogens (tertiary/aromatic N) is 2. The van der Waals surface area contributed by atoms with Gasteiger partial charge in [-0.2, -0.15) is 0 Å². The van der Waals surface area contributed by atoms with Gasteiger partial charge in [-0.25, -0.2) is 4.79 Å². The summed E-state index contributed by atoms with van der Waals surface area (Å²) in [6, 6.07) is 3.65. The van der Waals surface area contributed by atoms with E-state index in [2.05, 4.69) is 0 Å². The number of amides is 1. The van der Waals surface area contributed by atoms with Crippen molar-refractivity contribution < 1.29 is 19.2 Å². The summed E-state index contributed by atoms with van der Waals surface area (Å²) in [4.78, 5) is 36.2. The van der Waals surface area contributed by atoms with Crippen molar-refractivity contribution in [3.8, 4) is 0 Å². The molecule has 0 aromatic heterocycles. The highest BCUT2D eigenvalue weighted by Crippen LogP contribution is 2.33. The Balaban J connectivity index is 2.42. The first kappa shape index (κ1) is 15.9. The van der Waals surface area contributed by atoms with E-state index >= 15 is 0 Å². The minimum Gasteiger partial charge on any atom is -0.464 e. The summed E-state index contributed by atoms with van der Waals surface area (Å²) < 4.78 is 5.03. The van der Waals surface area contributed by atoms with Crippen LogP contribution >= 0.6 is 0 Å². The van der Waals surface area contributed by atoms with Gasteiger partial charge in [-0.1, -0.05) is 6.92 Å². The lowest BCUT2D eigenvalue weighted by Gasteiger charge is -2.34. The number of benzene rings is 1. The molecule has 1 amide bonds. The third-order valence-electron chi connectivity index (χ3n) is 3.67. The molecule has 1 atom stereocenters. The maximum Gasteiger partial charge on any atom is 0.329 e. The SMILES string of the molecule is CCOC(=O)C(CC)N1C(=O)CCc2cc([N+](=O)[O-])ccc21. The molecule has 1 aromatic rings. The van der Waals surface area contributed by atoms with Crippen molar-refractivity contribution >= 4 is 23.3 Å². The van der Waals surface area contributed by atoms with Crippen LogP contribution in [0.2, 0.25) is 0 Å². The van der Waals surface area contributed by atoms with E-state index in [-0.39, 0.29) is 24.6 Å². The van der Waals surface area contributed by atoms with E-state index in [4.69, 9.17) is 4.74 Å². The zero-order valence-electron chi connectivity index (χ0n) is 12.6. The molecule has 1 aliphatic rings. The molecule has 1 unspecified atom stereocenters. The molecule has 1 aromatic carbocycles. The lowest BCUT2D eigenvalue weighted by atomic mass is 9.98. The Morgan fingerprint density at radius 2 is 2.14 bits per heavy atom. The molecular formula is C15H18N2O5. The van der Waals surface area contributed by atoms with Crippen molar-refractivity contribution in [2.24, 2.45) is 0 Å². The molecule has 0 spiro atoms. The molecule has 2 rings (SSSR count). The Kier molecular flexibility index (Phi) is 4.75. The van der Waals surface area contributed by atoms with Crippen LogP contribution < -0.4 is 4.90 Å². The number of fused-ring (bicyclic) bond motifs is 1. The molecule has 22 heavy (non-hydrogen) atoms. The number of carbonyl (C=O) groups excluding carboxylic acids is 2. The number of ether oxygens (including phenoxy) is 1. The molecular weight excluding hydrogens is 288 g/mol. The Morgan fingerprint density at radius 3 is 2.73 bits per heavy atom. The Labute approximate surface area is 128 Å². The lowest BCUT2D eigenvalue weighted by Crippen LogP contribution is -2.48. The van der Waals surface area contributed by atoms with E-state index in [1.165, 1.54) is 23.1 Å². The first-order valence-electron chi connectivity index (χ1n) is 7.25. The highest BCUT2D eigenvalue weighted by Gasteiger charge is 2.35. The van der Waals surface area contributed by atoms with Gasteiger partial charge in [-0.3, -0.25) is 19.8 Å². The second-order valence-electron chi connectivity index (χ2n) is 5.01. The van der Waals surface area contributed by atoms with Gasteiger partial charge in [-0.15, -0.1) is 0 Å². The number of rotatable bonds is 5. The summed E-state index contributed by atoms with van der Waals surface area (Å²) in [6.07, 6.45) is 1.08. The van der Waals surface area contributed by atoms with Crippen LogP contribution in [0.4, 0.5) is 11.4 Å². The molecule has 0 saturated carbocycles. The molecule has 0 fully saturated rings. The van der Waals surface area contributed by atoms with E-state index in [1.807, 2.05) is 0 Å². The molecule has 0 aliphatic carbocycles. The zero-order valence-corrected chi connectivity index (χ0v) is 12.6. The van der Waals surface area contributed by atoms with Crippen molar-refractivity contribution in [2.75, 3.05) is 11.5 Å². The molecule has 0 radical (unpaired) electrons. The molecule has 1 heterocycles. The second kappa shape index (κ2) is 6.55. The van der Waals surface area contributed by atoms with Crippen LogP contribution in [0.5, 0.6) is 0 Å². The predicted molar refractivity (Wildman–Crippen MR) is 79.6 cm³/mol. The normalized spacial score (nSPS) is 15.2. The number of esters is 1. The van der Waals surface area contributed by atoms with Crippen LogP contribution in [0.15, 0.2) is 18.2 Å². The third-order valence-corrected chi connectivity index (χ3v) is 3.67. The number of nitro groups is 1. The molecule has 0 bridgehead atoms. The van der Waals surface area contributed by atoms with Crippen LogP contribution in [0, 0.1) is 10.1 Å². The van der Waals surface area contributed by atoms with E-state index < -0.39 is 16.9 Å². The number of aryl methyl sites for hydroxylation is 1. The number of nitro benzene ring substituents is 1. The van der Waals surface area contributed by atoms with E-state index in [0.717, 1.165) is 0 Å². The monoisotopic (exact) mass is 306 g/mol. The summed E-state index contributed by atoms with van der Waals surface area (Å²) in [5, 5.41) is 10.9. The standard InChI is InChI=1S/C15H18N2O5/c1-3-12(15(19)22-4-2)16-13-7-6-11(17(20)21)9-10(13)5-8-14(16)18/h6-7,9,12H,3-5,8H2,1-2H3. The largest absolute Gasteiger partial charge is 0.464 e. The fraction of sp³-hybridized carbons (Fsp3) is 0.467. The van der Waals surface area contributed by atoms with Crippen molar-refractivity contribution in [1.29, 1.82) is 0 Å². The van der Waals surface area contributed by atoms with Crippen molar-refractivity contribution in [1.82, 2.24) is 0 Å². The maximum absolute atomic E-state index is 12.3. The molecule has 118 valence electrons. The zero-order chi connectivity index (χ0) is 16.3. The van der Waals surface area contributed by atoms with Gasteiger partial charge in [0.1, 0.15) is 6.04 Å². The number of hydrogen-bond acceptors (Lipinski definition) is 5. The highest BCUT2D eigenvalue weighted by molar-refractivity contribution is 6.01. The maximum atomic E-state index is 12.3. The first-order chi connectivity index (χ1) is 10.5. The van der Waals surface area contributed by atoms with E-state index in [9.17, 15) is 19.7 Å². The smallest absolute Gasteiger partial charge is 0.329 e. The second-order valence-corrected chi connectivity index (χ2v) is 5.01. The Hall–Kier alpha value is -2.44. The summed E-state index contributed by atoms with van der Waals surface area (Å²) in [7, 11) is 0. The highest BCUT2D eigenvalue weighted by atomic mass is 16.6. The molecule has 7 heteroatoms. The summed E-state index contributed by atoms with van der Waals surface area (Å²) in [5.41, 5.74) is 1.25. The van der Waals surface area contributed by atoms with Crippen LogP contribution in [0.1, 0.15) is 32.3 Å². The lowest BCUT2D eigenvalue weighted by molar-refractivity contribution is -0.384. The van der Waals surface area contributed by atoms with Crippen molar-refractivity contribution in [3.05, 3.63) is 33.9 Å². The molecule has 0 saturated heterocycles. The van der Waals surface area contributed by atoms with Gasteiger partial charge in [0, 0.05) is 24.2 Å². The fourth-order valence-corrected chi connectivity index (χ4v) is 2.65. The molecule has 7 nitrogen and oxygen atoms in total. The number of hydrogen-bond donors (Lipinski definition) is 0. The van der Waals surface area contributed by atoms with Crippen molar-refractivity contribution in [3.63, 3.8) is 0 Å². The third kappa shape index (κ3) is 2.93. The van der Waals surface area contributed by atoms with E-state index in [0.29, 0.717) is 24.1 Å². The Bertz CT molecular complexity index is 614. The molecule has 0 N–H and O–H groups in total. The average molecular weight is 306 g/mol. The minimum atomic E-state index is -0.701. The fourth-order valence-electron chi connectivity index (χ4n) is 2.65. The first-order valence-corrected chi connectivity index (χ1v) is 7.25. The number of anilines is 1. The van der Waals surface area contributed by atoms with Gasteiger partial charge in [0.2, 0.25) is 5.91 Å². The van der Waals surface area contributed by atoms with Crippen LogP contribution in [0.3, 0.4) is 0 Å². The summed E-state index contributed by atoms with van der Waals surface area (Å²) >= 11 is 0. The predicted octanol–water partition coefficient (Wildman–Crippen LogP) is 2.22. The van der Waals surface area contributed by atoms with Gasteiger partial charge in [0.25, 0.3) is 5.69 Å². The van der Waals surface area contributed by atoms with Crippen LogP contribution in [-0.4, -0.2) is 29.4 Å². The van der Waals surface area contributed by atoms with Gasteiger partial charge in [0.15, 0.2) is 0 Å². The van der Waals surface area contributed by atoms with Gasteiger partial charge >= 0.3 is 5.97 Å². The quantitative estimate of drug-likeness (QED) is 0.472. The van der Waals surface area contributed by atoms with Gasteiger partial charge in [0.05, 0.1) is 11.5 Å². The number of non-ortho nitro benzene ring substituents is 1. The summed E-state index contributed by atoms with van der Waals surface area (Å²) in [6.45, 7) is 3.75. The van der Waals surface area contributed by atoms with E-state index in [1.54, 1.807) is 13.8 Å². The van der Waals surface area contributed by atoms with Gasteiger partial charge < -0.3 is 4.74 Å². The van der Waals surface area contributed by atoms with Gasteiger partial charge in [-0.05, 0) is 31.4 Å². The van der Waals surface area contributed by atoms with Crippen molar-refractivity contribution in [2.45, 2.75) is 39.2 Å². The topological polar surface area (TPSA) is 89.8 Å². The average Bonchev–Trinajstić information content (AvgIpc) is 2.49. The van der Waals surface area contributed by atoms with Crippen LogP contribution in [0.25, 0.3) is 0 Å². The summed E-state index contributed by atoms with van der Waals surface area (Å²) in [5.74, 6) is -0.620.